The quantitative estimate of drug-likeness (QED) is 0.463. The van der Waals surface area contributed by atoms with Crippen molar-refractivity contribution in [3.8, 4) is 0 Å². The topological polar surface area (TPSA) is 131 Å². The van der Waals surface area contributed by atoms with Gasteiger partial charge in [0.15, 0.2) is 0 Å². The van der Waals surface area contributed by atoms with Gasteiger partial charge in [0.05, 0.1) is 6.61 Å². The number of amides is 3. The summed E-state index contributed by atoms with van der Waals surface area (Å²) < 4.78 is 4.45. The summed E-state index contributed by atoms with van der Waals surface area (Å²) in [4.78, 5) is 31.6. The lowest BCUT2D eigenvalue weighted by molar-refractivity contribution is -0.133. The summed E-state index contributed by atoms with van der Waals surface area (Å²) in [6, 6.07) is -1.05. The van der Waals surface area contributed by atoms with Crippen LogP contribution < -0.4 is 16.4 Å². The van der Waals surface area contributed by atoms with Crippen molar-refractivity contribution in [3.05, 3.63) is 11.9 Å². The highest BCUT2D eigenvalue weighted by atomic mass is 16.5. The van der Waals surface area contributed by atoms with Crippen LogP contribution in [0.4, 0.5) is 9.59 Å². The van der Waals surface area contributed by atoms with Gasteiger partial charge in [0.1, 0.15) is 5.70 Å². The first-order chi connectivity index (χ1) is 6.97. The largest absolute Gasteiger partial charge is 0.477 e. The second-order valence-corrected chi connectivity index (χ2v) is 2.22. The summed E-state index contributed by atoms with van der Waals surface area (Å²) in [5.41, 5.74) is 4.14. The number of alkyl carbamates (subject to hydrolysis) is 1. The van der Waals surface area contributed by atoms with Crippen LogP contribution in [0.15, 0.2) is 11.9 Å². The van der Waals surface area contributed by atoms with E-state index in [1.165, 1.54) is 0 Å². The molecule has 0 aromatic carbocycles. The van der Waals surface area contributed by atoms with Crippen LogP contribution in [0, 0.1) is 0 Å². The van der Waals surface area contributed by atoms with E-state index in [2.05, 4.69) is 4.74 Å². The summed E-state index contributed by atoms with van der Waals surface area (Å²) in [5, 5.41) is 12.3. The van der Waals surface area contributed by atoms with Crippen molar-refractivity contribution in [1.29, 1.82) is 0 Å². The number of primary amides is 1. The van der Waals surface area contributed by atoms with Gasteiger partial charge in [-0.2, -0.15) is 0 Å². The maximum atomic E-state index is 10.7. The molecular formula is C7H11N3O5. The van der Waals surface area contributed by atoms with Crippen molar-refractivity contribution >= 4 is 18.1 Å². The van der Waals surface area contributed by atoms with Crippen LogP contribution in [0.2, 0.25) is 0 Å². The number of carboxylic acids is 1. The first-order valence-corrected chi connectivity index (χ1v) is 3.90. The van der Waals surface area contributed by atoms with E-state index in [1.54, 1.807) is 12.2 Å². The predicted octanol–water partition coefficient (Wildman–Crippen LogP) is -0.673. The van der Waals surface area contributed by atoms with Gasteiger partial charge in [-0.1, -0.05) is 0 Å². The van der Waals surface area contributed by atoms with Crippen molar-refractivity contribution in [3.63, 3.8) is 0 Å². The SMILES string of the molecule is CCOC(=O)NC=C(NC(N)=O)C(=O)O. The van der Waals surface area contributed by atoms with E-state index in [0.717, 1.165) is 6.20 Å². The van der Waals surface area contributed by atoms with Gasteiger partial charge in [0.25, 0.3) is 0 Å². The molecule has 0 rings (SSSR count). The Hall–Kier alpha value is -2.25. The molecule has 0 aliphatic carbocycles. The Bertz CT molecular complexity index is 299. The van der Waals surface area contributed by atoms with Crippen LogP contribution in [-0.4, -0.2) is 29.8 Å². The Morgan fingerprint density at radius 3 is 2.47 bits per heavy atom. The highest BCUT2D eigenvalue weighted by Crippen LogP contribution is 1.87. The molecule has 0 bridgehead atoms. The summed E-state index contributed by atoms with van der Waals surface area (Å²) in [6.07, 6.45) is -0.0621. The number of nitrogens with two attached hydrogens (primary N) is 1. The smallest absolute Gasteiger partial charge is 0.411 e. The molecule has 5 N–H and O–H groups in total. The van der Waals surface area contributed by atoms with Crippen molar-refractivity contribution in [1.82, 2.24) is 10.6 Å². The van der Waals surface area contributed by atoms with Crippen LogP contribution >= 0.6 is 0 Å². The number of carboxylic acid groups (broad SMARTS) is 1. The minimum absolute atomic E-state index is 0.144. The van der Waals surface area contributed by atoms with E-state index in [9.17, 15) is 14.4 Å². The standard InChI is InChI=1S/C7H11N3O5/c1-2-15-7(14)9-3-4(5(11)12)10-6(8)13/h3H,2H2,1H3,(H,9,14)(H,11,12)(H3,8,10,13). The van der Waals surface area contributed by atoms with Gasteiger partial charge in [0, 0.05) is 6.20 Å². The number of carbonyl (C=O) groups is 3. The fourth-order valence-electron chi connectivity index (χ4n) is 0.588. The zero-order chi connectivity index (χ0) is 11.8. The number of hydrogen-bond donors (Lipinski definition) is 4. The predicted molar refractivity (Wildman–Crippen MR) is 48.6 cm³/mol. The third-order valence-electron chi connectivity index (χ3n) is 1.10. The maximum Gasteiger partial charge on any atom is 0.411 e. The average molecular weight is 217 g/mol. The van der Waals surface area contributed by atoms with Crippen molar-refractivity contribution in [2.75, 3.05) is 6.61 Å². The van der Waals surface area contributed by atoms with Crippen molar-refractivity contribution in [2.24, 2.45) is 5.73 Å². The molecule has 0 aromatic rings. The second-order valence-electron chi connectivity index (χ2n) is 2.22. The van der Waals surface area contributed by atoms with E-state index in [4.69, 9.17) is 10.8 Å². The van der Waals surface area contributed by atoms with E-state index >= 15 is 0 Å². The monoisotopic (exact) mass is 217 g/mol. The summed E-state index contributed by atoms with van der Waals surface area (Å²) >= 11 is 0. The molecular weight excluding hydrogens is 206 g/mol. The Kier molecular flexibility index (Phi) is 5.31. The van der Waals surface area contributed by atoms with Gasteiger partial charge in [0.2, 0.25) is 0 Å². The third kappa shape index (κ3) is 5.91. The lowest BCUT2D eigenvalue weighted by Gasteiger charge is -2.03. The molecule has 0 radical (unpaired) electrons. The van der Waals surface area contributed by atoms with Crippen LogP contribution in [0.1, 0.15) is 6.92 Å². The van der Waals surface area contributed by atoms with Gasteiger partial charge in [-0.3, -0.25) is 5.32 Å². The van der Waals surface area contributed by atoms with Crippen LogP contribution in [0.3, 0.4) is 0 Å². The number of carbonyl (C=O) groups excluding carboxylic acids is 2. The van der Waals surface area contributed by atoms with Crippen molar-refractivity contribution in [2.45, 2.75) is 6.92 Å². The molecule has 0 fully saturated rings. The van der Waals surface area contributed by atoms with Gasteiger partial charge in [-0.15, -0.1) is 0 Å². The molecule has 0 heterocycles. The molecule has 0 saturated heterocycles. The summed E-state index contributed by atoms with van der Waals surface area (Å²) in [5.74, 6) is -1.44. The maximum absolute atomic E-state index is 10.7. The van der Waals surface area contributed by atoms with E-state index in [0.29, 0.717) is 0 Å². The van der Waals surface area contributed by atoms with E-state index < -0.39 is 23.8 Å². The molecule has 8 nitrogen and oxygen atoms in total. The first kappa shape index (κ1) is 12.8. The van der Waals surface area contributed by atoms with Crippen molar-refractivity contribution < 1.29 is 24.2 Å². The fourth-order valence-corrected chi connectivity index (χ4v) is 0.588. The zero-order valence-corrected chi connectivity index (χ0v) is 7.94. The van der Waals surface area contributed by atoms with Gasteiger partial charge in [-0.05, 0) is 6.92 Å². The summed E-state index contributed by atoms with van der Waals surface area (Å²) in [7, 11) is 0. The Morgan fingerprint density at radius 1 is 1.47 bits per heavy atom. The van der Waals surface area contributed by atoms with Gasteiger partial charge < -0.3 is 20.9 Å². The molecule has 0 aliphatic rings. The van der Waals surface area contributed by atoms with E-state index in [1.807, 2.05) is 5.32 Å². The number of aliphatic carboxylic acids is 1. The Labute approximate surface area is 85.1 Å². The molecule has 0 saturated carbocycles. The number of urea groups is 1. The molecule has 0 atom stereocenters. The lowest BCUT2D eigenvalue weighted by atomic mass is 10.5. The zero-order valence-electron chi connectivity index (χ0n) is 7.94. The normalized spacial score (nSPS) is 10.3. The summed E-state index contributed by atoms with van der Waals surface area (Å²) in [6.45, 7) is 1.73. The minimum Gasteiger partial charge on any atom is -0.477 e. The Balaban J connectivity index is 4.36. The second kappa shape index (κ2) is 6.24. The highest BCUT2D eigenvalue weighted by molar-refractivity contribution is 5.92. The third-order valence-corrected chi connectivity index (χ3v) is 1.10. The number of ether oxygens (including phenoxy) is 1. The lowest BCUT2D eigenvalue weighted by Crippen LogP contribution is -2.33. The number of nitrogens with one attached hydrogen (secondary N) is 2. The highest BCUT2D eigenvalue weighted by Gasteiger charge is 2.09. The number of rotatable bonds is 4. The van der Waals surface area contributed by atoms with Crippen LogP contribution in [0.5, 0.6) is 0 Å². The molecule has 0 unspecified atom stereocenters. The molecule has 0 spiro atoms. The molecule has 15 heavy (non-hydrogen) atoms. The molecule has 0 aliphatic heterocycles. The fraction of sp³-hybridized carbons (Fsp3) is 0.286. The molecule has 3 amide bonds. The molecule has 84 valence electrons. The average Bonchev–Trinajstić information content (AvgIpc) is 2.11. The van der Waals surface area contributed by atoms with Gasteiger partial charge in [-0.25, -0.2) is 14.4 Å². The van der Waals surface area contributed by atoms with Crippen LogP contribution in [-0.2, 0) is 9.53 Å². The van der Waals surface area contributed by atoms with E-state index in [-0.39, 0.29) is 6.61 Å². The number of hydrogen-bond acceptors (Lipinski definition) is 4. The van der Waals surface area contributed by atoms with Crippen LogP contribution in [0.25, 0.3) is 0 Å². The minimum atomic E-state index is -1.44. The van der Waals surface area contributed by atoms with Gasteiger partial charge >= 0.3 is 18.1 Å². The molecule has 8 heteroatoms. The Morgan fingerprint density at radius 2 is 2.07 bits per heavy atom. The molecule has 0 aromatic heterocycles. The first-order valence-electron chi connectivity index (χ1n) is 3.90.